The average molecular weight is 320 g/mol. The average Bonchev–Trinajstić information content (AvgIpc) is 2.43. The Hall–Kier alpha value is -2.11. The largest absolute Gasteiger partial charge is 0.239 e. The Morgan fingerprint density at radius 1 is 0.826 bits per heavy atom. The molecule has 23 heavy (non-hydrogen) atoms. The molecule has 0 spiro atoms. The summed E-state index contributed by atoms with van der Waals surface area (Å²) >= 11 is 0. The van der Waals surface area contributed by atoms with Crippen molar-refractivity contribution in [2.45, 2.75) is 40.4 Å². The molecule has 0 aliphatic heterocycles. The summed E-state index contributed by atoms with van der Waals surface area (Å²) in [5.41, 5.74) is 10.1. The minimum absolute atomic E-state index is 0.864. The van der Waals surface area contributed by atoms with Crippen molar-refractivity contribution in [2.24, 2.45) is 4.99 Å². The molecule has 0 fully saturated rings. The highest BCUT2D eigenvalue weighted by atomic mass is 28.3. The van der Waals surface area contributed by atoms with Gasteiger partial charge in [0, 0.05) is 5.56 Å². The topological polar surface area (TPSA) is 12.4 Å². The van der Waals surface area contributed by atoms with Gasteiger partial charge in [0.2, 0.25) is 0 Å². The molecule has 0 bridgehead atoms. The van der Waals surface area contributed by atoms with E-state index in [-0.39, 0.29) is 0 Å². The summed E-state index contributed by atoms with van der Waals surface area (Å²) in [6.45, 7) is 13.1. The van der Waals surface area contributed by atoms with E-state index in [2.05, 4.69) is 82.2 Å². The van der Waals surface area contributed by atoms with Gasteiger partial charge < -0.3 is 0 Å². The third kappa shape index (κ3) is 5.54. The van der Waals surface area contributed by atoms with Crippen LogP contribution in [0.5, 0.6) is 0 Å². The first kappa shape index (κ1) is 17.2. The highest BCUT2D eigenvalue weighted by Gasteiger charge is 2.09. The minimum atomic E-state index is -1.45. The van der Waals surface area contributed by atoms with Crippen LogP contribution >= 0.6 is 0 Å². The Bertz CT molecular complexity index is 761. The van der Waals surface area contributed by atoms with Crippen LogP contribution in [0.3, 0.4) is 0 Å². The quantitative estimate of drug-likeness (QED) is 0.387. The van der Waals surface area contributed by atoms with Crippen molar-refractivity contribution in [3.8, 4) is 11.5 Å². The molecule has 0 aromatic heterocycles. The van der Waals surface area contributed by atoms with Gasteiger partial charge in [-0.2, -0.15) is 0 Å². The fraction of sp³-hybridized carbons (Fsp3) is 0.286. The third-order valence-electron chi connectivity index (χ3n) is 3.33. The van der Waals surface area contributed by atoms with E-state index < -0.39 is 8.07 Å². The van der Waals surface area contributed by atoms with Gasteiger partial charge in [0.25, 0.3) is 0 Å². The molecule has 1 nitrogen and oxygen atoms in total. The Balaban J connectivity index is 2.54. The number of aryl methyl sites for hydroxylation is 3. The van der Waals surface area contributed by atoms with E-state index >= 15 is 0 Å². The van der Waals surface area contributed by atoms with E-state index in [0.717, 1.165) is 17.0 Å². The second-order valence-electron chi connectivity index (χ2n) is 7.17. The molecule has 0 saturated heterocycles. The van der Waals surface area contributed by atoms with Crippen LogP contribution in [0.25, 0.3) is 0 Å². The first-order valence-electron chi connectivity index (χ1n) is 8.00. The lowest BCUT2D eigenvalue weighted by molar-refractivity contribution is 1.37. The van der Waals surface area contributed by atoms with Gasteiger partial charge in [0.05, 0.1) is 5.69 Å². The van der Waals surface area contributed by atoms with E-state index in [9.17, 15) is 0 Å². The van der Waals surface area contributed by atoms with Crippen molar-refractivity contribution in [3.05, 3.63) is 64.7 Å². The Morgan fingerprint density at radius 3 is 1.91 bits per heavy atom. The van der Waals surface area contributed by atoms with Gasteiger partial charge in [-0.1, -0.05) is 60.5 Å². The van der Waals surface area contributed by atoms with Crippen LogP contribution in [-0.2, 0) is 0 Å². The molecule has 2 rings (SSSR count). The number of hydrogen-bond donors (Lipinski definition) is 0. The zero-order valence-corrected chi connectivity index (χ0v) is 16.0. The minimum Gasteiger partial charge on any atom is -0.239 e. The molecule has 0 radical (unpaired) electrons. The molecule has 0 aliphatic rings. The van der Waals surface area contributed by atoms with E-state index in [1.54, 1.807) is 0 Å². The second-order valence-corrected chi connectivity index (χ2v) is 11.9. The van der Waals surface area contributed by atoms with Crippen LogP contribution < -0.4 is 0 Å². The number of rotatable bonds is 2. The van der Waals surface area contributed by atoms with Crippen molar-refractivity contribution in [2.75, 3.05) is 0 Å². The molecular weight excluding hydrogens is 294 g/mol. The zero-order valence-electron chi connectivity index (χ0n) is 15.0. The van der Waals surface area contributed by atoms with Gasteiger partial charge in [-0.15, -0.1) is 5.54 Å². The number of benzene rings is 2. The van der Waals surface area contributed by atoms with Crippen molar-refractivity contribution in [3.63, 3.8) is 0 Å². The SMILES string of the molecule is Cc1ccc(N=C(C#C[Si](C)(C)C)c2cc(C)cc(C)c2)cc1. The van der Waals surface area contributed by atoms with Crippen molar-refractivity contribution in [1.29, 1.82) is 0 Å². The zero-order chi connectivity index (χ0) is 17.0. The van der Waals surface area contributed by atoms with E-state index in [4.69, 9.17) is 4.99 Å². The van der Waals surface area contributed by atoms with E-state index in [1.807, 2.05) is 12.1 Å². The summed E-state index contributed by atoms with van der Waals surface area (Å²) in [7, 11) is -1.45. The van der Waals surface area contributed by atoms with Crippen LogP contribution in [0.2, 0.25) is 19.6 Å². The van der Waals surface area contributed by atoms with Gasteiger partial charge in [-0.3, -0.25) is 0 Å². The summed E-state index contributed by atoms with van der Waals surface area (Å²) in [4.78, 5) is 4.82. The van der Waals surface area contributed by atoms with Crippen molar-refractivity contribution < 1.29 is 0 Å². The molecule has 0 saturated carbocycles. The molecular formula is C21H25NSi. The lowest BCUT2D eigenvalue weighted by Gasteiger charge is -2.07. The van der Waals surface area contributed by atoms with E-state index in [1.165, 1.54) is 16.7 Å². The molecule has 0 heterocycles. The van der Waals surface area contributed by atoms with Crippen LogP contribution in [0, 0.1) is 32.2 Å². The lowest BCUT2D eigenvalue weighted by Crippen LogP contribution is -2.17. The van der Waals surface area contributed by atoms with Crippen molar-refractivity contribution >= 4 is 19.5 Å². The fourth-order valence-electron chi connectivity index (χ4n) is 2.27. The Kier molecular flexibility index (Phi) is 5.23. The molecule has 2 aromatic rings. The molecule has 2 aromatic carbocycles. The van der Waals surface area contributed by atoms with Crippen LogP contribution in [-0.4, -0.2) is 13.8 Å². The summed E-state index contributed by atoms with van der Waals surface area (Å²) in [5.74, 6) is 3.36. The number of hydrogen-bond acceptors (Lipinski definition) is 1. The third-order valence-corrected chi connectivity index (χ3v) is 4.20. The van der Waals surface area contributed by atoms with Gasteiger partial charge >= 0.3 is 0 Å². The second kappa shape index (κ2) is 6.98. The molecule has 0 N–H and O–H groups in total. The maximum atomic E-state index is 4.82. The number of aliphatic imine (C=N–C) groups is 1. The standard InChI is InChI=1S/C21H25NSi/c1-16-7-9-20(10-8-16)22-21(11-12-23(4,5)6)19-14-17(2)13-18(3)15-19/h7-10,13-15H,1-6H3. The molecule has 0 aliphatic carbocycles. The summed E-state index contributed by atoms with van der Waals surface area (Å²) in [5, 5.41) is 0. The van der Waals surface area contributed by atoms with Crippen LogP contribution in [0.15, 0.2) is 47.5 Å². The monoisotopic (exact) mass is 319 g/mol. The lowest BCUT2D eigenvalue weighted by atomic mass is 10.0. The predicted octanol–water partition coefficient (Wildman–Crippen LogP) is 5.61. The molecule has 2 heteroatoms. The van der Waals surface area contributed by atoms with Gasteiger partial charge in [-0.05, 0) is 45.0 Å². The first-order valence-corrected chi connectivity index (χ1v) is 11.5. The molecule has 0 unspecified atom stereocenters. The van der Waals surface area contributed by atoms with Gasteiger partial charge in [0.1, 0.15) is 13.8 Å². The Labute approximate surface area is 141 Å². The van der Waals surface area contributed by atoms with Crippen LogP contribution in [0.4, 0.5) is 5.69 Å². The first-order chi connectivity index (χ1) is 10.7. The fourth-order valence-corrected chi connectivity index (χ4v) is 2.76. The molecule has 118 valence electrons. The van der Waals surface area contributed by atoms with Crippen LogP contribution in [0.1, 0.15) is 22.3 Å². The highest BCUT2D eigenvalue weighted by molar-refractivity contribution is 6.84. The predicted molar refractivity (Wildman–Crippen MR) is 104 cm³/mol. The summed E-state index contributed by atoms with van der Waals surface area (Å²) in [6, 6.07) is 14.8. The molecule has 0 atom stereocenters. The number of nitrogens with zero attached hydrogens (tertiary/aromatic N) is 1. The highest BCUT2D eigenvalue weighted by Crippen LogP contribution is 2.17. The van der Waals surface area contributed by atoms with E-state index in [0.29, 0.717) is 0 Å². The van der Waals surface area contributed by atoms with Gasteiger partial charge in [-0.25, -0.2) is 4.99 Å². The normalized spacial score (nSPS) is 11.8. The smallest absolute Gasteiger partial charge is 0.129 e. The van der Waals surface area contributed by atoms with Crippen molar-refractivity contribution in [1.82, 2.24) is 0 Å². The summed E-state index contributed by atoms with van der Waals surface area (Å²) < 4.78 is 0. The maximum Gasteiger partial charge on any atom is 0.129 e. The maximum absolute atomic E-state index is 4.82. The molecule has 0 amide bonds. The summed E-state index contributed by atoms with van der Waals surface area (Å²) in [6.07, 6.45) is 0. The van der Waals surface area contributed by atoms with Gasteiger partial charge in [0.15, 0.2) is 0 Å². The Morgan fingerprint density at radius 2 is 1.39 bits per heavy atom.